The Labute approximate surface area is 273 Å². The minimum Gasteiger partial charge on any atom is -0.481 e. The molecule has 3 aromatic rings. The summed E-state index contributed by atoms with van der Waals surface area (Å²) in [6, 6.07) is 37.3. The summed E-state index contributed by atoms with van der Waals surface area (Å²) in [6.45, 7) is 8.97. The molecule has 0 radical (unpaired) electrons. The summed E-state index contributed by atoms with van der Waals surface area (Å²) in [7, 11) is 0. The summed E-state index contributed by atoms with van der Waals surface area (Å²) in [6.07, 6.45) is 3.36. The Morgan fingerprint density at radius 1 is 0.674 bits per heavy atom. The van der Waals surface area contributed by atoms with Gasteiger partial charge in [0.1, 0.15) is 0 Å². The largest absolute Gasteiger partial charge is 0.481 e. The predicted molar refractivity (Wildman–Crippen MR) is 189 cm³/mol. The third-order valence-corrected chi connectivity index (χ3v) is 8.45. The summed E-state index contributed by atoms with van der Waals surface area (Å²) in [5.74, 6) is 0.365. The van der Waals surface area contributed by atoms with Gasteiger partial charge >= 0.3 is 5.97 Å². The minimum atomic E-state index is -0.806. The maximum absolute atomic E-state index is 13.8. The van der Waals surface area contributed by atoms with Crippen molar-refractivity contribution in [1.29, 1.82) is 0 Å². The maximum Gasteiger partial charge on any atom is 0.303 e. The highest BCUT2D eigenvalue weighted by Crippen LogP contribution is 2.35. The van der Waals surface area contributed by atoms with Crippen molar-refractivity contribution in [3.8, 4) is 11.1 Å². The normalized spacial score (nSPS) is 11.5. The Hall–Kier alpha value is -4.70. The number of carboxylic acids is 1. The molecule has 0 atom stereocenters. The lowest BCUT2D eigenvalue weighted by Crippen LogP contribution is -2.13. The summed E-state index contributed by atoms with van der Waals surface area (Å²) < 4.78 is 0. The van der Waals surface area contributed by atoms with Crippen molar-refractivity contribution in [2.24, 2.45) is 11.8 Å². The Kier molecular flexibility index (Phi) is 10.7. The molecular formula is C42H45NO3. The summed E-state index contributed by atoms with van der Waals surface area (Å²) in [5, 5.41) is 12.9. The quantitative estimate of drug-likeness (QED) is 0.123. The van der Waals surface area contributed by atoms with E-state index in [9.17, 15) is 9.59 Å². The Bertz CT molecular complexity index is 1660. The van der Waals surface area contributed by atoms with E-state index >= 15 is 0 Å². The van der Waals surface area contributed by atoms with E-state index in [0.29, 0.717) is 35.8 Å². The number of benzene rings is 3. The number of carbonyl (C=O) groups is 2. The fraction of sp³-hybridized carbons (Fsp3) is 0.286. The SMILES string of the molecule is CC(C)Cc1ccc(C(Nc2ccc(C(=O)c3cc(CCCC(=O)O)c4cccccc3-4)cc2)c2ccc(CC(C)C)cc2)cc1. The highest BCUT2D eigenvalue weighted by Gasteiger charge is 2.21. The molecule has 0 spiro atoms. The average Bonchev–Trinajstić information content (AvgIpc) is 3.18. The topological polar surface area (TPSA) is 66.4 Å². The van der Waals surface area contributed by atoms with Crippen LogP contribution in [0.3, 0.4) is 0 Å². The van der Waals surface area contributed by atoms with E-state index in [1.165, 1.54) is 22.3 Å². The lowest BCUT2D eigenvalue weighted by molar-refractivity contribution is -0.137. The fourth-order valence-corrected chi connectivity index (χ4v) is 6.25. The van der Waals surface area contributed by atoms with Gasteiger partial charge in [-0.05, 0) is 107 Å². The first-order chi connectivity index (χ1) is 22.2. The highest BCUT2D eigenvalue weighted by molar-refractivity contribution is 6.14. The molecule has 5 rings (SSSR count). The van der Waals surface area contributed by atoms with Crippen LogP contribution in [0.15, 0.2) is 109 Å². The van der Waals surface area contributed by atoms with E-state index in [0.717, 1.165) is 35.2 Å². The van der Waals surface area contributed by atoms with Gasteiger partial charge in [-0.2, -0.15) is 0 Å². The number of carbonyl (C=O) groups excluding carboxylic acids is 1. The van der Waals surface area contributed by atoms with Crippen LogP contribution >= 0.6 is 0 Å². The van der Waals surface area contributed by atoms with E-state index < -0.39 is 5.97 Å². The molecule has 0 amide bonds. The molecular weight excluding hydrogens is 566 g/mol. The average molecular weight is 612 g/mol. The molecule has 3 aromatic carbocycles. The van der Waals surface area contributed by atoms with Gasteiger partial charge in [0.2, 0.25) is 0 Å². The van der Waals surface area contributed by atoms with Crippen LogP contribution in [0, 0.1) is 11.8 Å². The van der Waals surface area contributed by atoms with Gasteiger partial charge in [-0.15, -0.1) is 0 Å². The predicted octanol–water partition coefficient (Wildman–Crippen LogP) is 10.0. The van der Waals surface area contributed by atoms with Crippen molar-refractivity contribution in [2.75, 3.05) is 5.32 Å². The second-order valence-corrected chi connectivity index (χ2v) is 13.2. The molecule has 0 heterocycles. The van der Waals surface area contributed by atoms with E-state index in [4.69, 9.17) is 5.11 Å². The zero-order valence-electron chi connectivity index (χ0n) is 27.4. The first kappa shape index (κ1) is 32.7. The van der Waals surface area contributed by atoms with Gasteiger partial charge in [0, 0.05) is 23.2 Å². The maximum atomic E-state index is 13.8. The van der Waals surface area contributed by atoms with Crippen LogP contribution in [0.25, 0.3) is 11.1 Å². The van der Waals surface area contributed by atoms with Crippen LogP contribution < -0.4 is 5.32 Å². The number of aryl methyl sites for hydroxylation is 1. The number of aliphatic carboxylic acids is 1. The number of rotatable bonds is 14. The molecule has 0 bridgehead atoms. The van der Waals surface area contributed by atoms with Crippen LogP contribution in [0.2, 0.25) is 0 Å². The molecule has 0 saturated heterocycles. The van der Waals surface area contributed by atoms with Gasteiger partial charge in [-0.1, -0.05) is 107 Å². The van der Waals surface area contributed by atoms with Gasteiger partial charge in [-0.25, -0.2) is 0 Å². The molecule has 46 heavy (non-hydrogen) atoms. The number of fused-ring (bicyclic) bond motifs is 1. The van der Waals surface area contributed by atoms with Crippen LogP contribution in [-0.2, 0) is 24.1 Å². The third kappa shape index (κ3) is 8.31. The van der Waals surface area contributed by atoms with Gasteiger partial charge < -0.3 is 10.4 Å². The zero-order valence-corrected chi connectivity index (χ0v) is 27.4. The van der Waals surface area contributed by atoms with Crippen LogP contribution in [0.5, 0.6) is 0 Å². The van der Waals surface area contributed by atoms with Crippen LogP contribution in [0.1, 0.15) is 90.3 Å². The molecule has 4 heteroatoms. The monoisotopic (exact) mass is 611 g/mol. The van der Waals surface area contributed by atoms with E-state index in [2.05, 4.69) is 81.5 Å². The number of hydrogen-bond acceptors (Lipinski definition) is 3. The number of hydrogen-bond donors (Lipinski definition) is 2. The van der Waals surface area contributed by atoms with Crippen molar-refractivity contribution >= 4 is 17.4 Å². The first-order valence-corrected chi connectivity index (χ1v) is 16.5. The second kappa shape index (κ2) is 15.1. The number of ketones is 1. The molecule has 2 aliphatic carbocycles. The van der Waals surface area contributed by atoms with Gasteiger partial charge in [-0.3, -0.25) is 9.59 Å². The Morgan fingerprint density at radius 2 is 1.22 bits per heavy atom. The van der Waals surface area contributed by atoms with Crippen molar-refractivity contribution in [3.63, 3.8) is 0 Å². The van der Waals surface area contributed by atoms with Crippen molar-refractivity contribution in [1.82, 2.24) is 0 Å². The molecule has 4 nitrogen and oxygen atoms in total. The molecule has 0 saturated carbocycles. The molecule has 236 valence electrons. The lowest BCUT2D eigenvalue weighted by Gasteiger charge is -2.22. The highest BCUT2D eigenvalue weighted by atomic mass is 16.4. The standard InChI is InChI=1S/C42H45NO3/c1-28(2)25-30-13-17-32(18-14-30)41(33-19-15-31(16-20-33)26-29(3)4)43-36-23-21-34(22-24-36)42(46)39-27-35(9-8-12-40(44)45)37-10-6-5-7-11-38(37)39/h5-7,10-11,13-24,27-29,41,43H,8-9,12,25-26H2,1-4H3,(H,44,45). The molecule has 0 aliphatic heterocycles. The van der Waals surface area contributed by atoms with Crippen molar-refractivity contribution in [2.45, 2.75) is 65.8 Å². The molecule has 0 aromatic heterocycles. The molecule has 0 unspecified atom stereocenters. The van der Waals surface area contributed by atoms with Crippen molar-refractivity contribution < 1.29 is 14.7 Å². The second-order valence-electron chi connectivity index (χ2n) is 13.2. The third-order valence-electron chi connectivity index (χ3n) is 8.45. The van der Waals surface area contributed by atoms with Gasteiger partial charge in [0.25, 0.3) is 0 Å². The first-order valence-electron chi connectivity index (χ1n) is 16.5. The minimum absolute atomic E-state index is 0.0368. The summed E-state index contributed by atoms with van der Waals surface area (Å²) in [5.41, 5.74) is 10.2. The zero-order chi connectivity index (χ0) is 32.6. The smallest absolute Gasteiger partial charge is 0.303 e. The van der Waals surface area contributed by atoms with E-state index in [1.54, 1.807) is 0 Å². The van der Waals surface area contributed by atoms with E-state index in [-0.39, 0.29) is 18.2 Å². The summed E-state index contributed by atoms with van der Waals surface area (Å²) in [4.78, 5) is 24.9. The van der Waals surface area contributed by atoms with Crippen molar-refractivity contribution in [3.05, 3.63) is 148 Å². The molecule has 2 N–H and O–H groups in total. The molecule has 0 fully saturated rings. The van der Waals surface area contributed by atoms with Gasteiger partial charge in [0.15, 0.2) is 5.78 Å². The number of anilines is 1. The van der Waals surface area contributed by atoms with E-state index in [1.807, 2.05) is 60.7 Å². The summed E-state index contributed by atoms with van der Waals surface area (Å²) >= 11 is 0. The van der Waals surface area contributed by atoms with Crippen LogP contribution in [0.4, 0.5) is 5.69 Å². The number of carboxylic acid groups (broad SMARTS) is 1. The lowest BCUT2D eigenvalue weighted by atomic mass is 9.93. The van der Waals surface area contributed by atoms with Gasteiger partial charge in [0.05, 0.1) is 6.04 Å². The fourth-order valence-electron chi connectivity index (χ4n) is 6.25. The number of nitrogens with one attached hydrogen (secondary N) is 1. The Balaban J connectivity index is 1.40. The molecule has 2 aliphatic rings. The Morgan fingerprint density at radius 3 is 1.74 bits per heavy atom. The van der Waals surface area contributed by atoms with Crippen LogP contribution in [-0.4, -0.2) is 16.9 Å².